The second-order valence-electron chi connectivity index (χ2n) is 7.42. The molecule has 5 heteroatoms. The predicted octanol–water partition coefficient (Wildman–Crippen LogP) is 5.24. The molecule has 0 aliphatic carbocycles. The lowest BCUT2D eigenvalue weighted by Crippen LogP contribution is -2.33. The number of benzene rings is 1. The first-order valence-corrected chi connectivity index (χ1v) is 9.98. The lowest BCUT2D eigenvalue weighted by atomic mass is 10.1. The van der Waals surface area contributed by atoms with Crippen LogP contribution in [0.1, 0.15) is 29.3 Å². The van der Waals surface area contributed by atoms with Gasteiger partial charge in [0.15, 0.2) is 6.23 Å². The van der Waals surface area contributed by atoms with Crippen molar-refractivity contribution >= 4 is 0 Å². The molecule has 0 amide bonds. The second-order valence-corrected chi connectivity index (χ2v) is 7.42. The van der Waals surface area contributed by atoms with Crippen molar-refractivity contribution < 1.29 is 9.47 Å². The third-order valence-corrected chi connectivity index (χ3v) is 4.98. The lowest BCUT2D eigenvalue weighted by molar-refractivity contribution is 0.214. The van der Waals surface area contributed by atoms with E-state index < -0.39 is 0 Å². The Morgan fingerprint density at radius 3 is 2.47 bits per heavy atom. The van der Waals surface area contributed by atoms with E-state index in [1.807, 2.05) is 74.8 Å². The maximum absolute atomic E-state index is 6.23. The highest BCUT2D eigenvalue weighted by atomic mass is 16.5. The highest BCUT2D eigenvalue weighted by Gasteiger charge is 2.15. The quantitative estimate of drug-likeness (QED) is 0.614. The summed E-state index contributed by atoms with van der Waals surface area (Å²) in [6.45, 7) is 6.09. The second kappa shape index (κ2) is 8.82. The molecular weight excluding hydrogens is 374 g/mol. The third kappa shape index (κ3) is 4.69. The molecule has 152 valence electrons. The summed E-state index contributed by atoms with van der Waals surface area (Å²) in [6, 6.07) is 13.9. The highest BCUT2D eigenvalue weighted by Crippen LogP contribution is 2.30. The van der Waals surface area contributed by atoms with Crippen LogP contribution in [0.4, 0.5) is 0 Å². The van der Waals surface area contributed by atoms with Crippen LogP contribution in [0.15, 0.2) is 78.8 Å². The monoisotopic (exact) mass is 399 g/mol. The van der Waals surface area contributed by atoms with Crippen LogP contribution in [0.2, 0.25) is 0 Å². The van der Waals surface area contributed by atoms with Crippen molar-refractivity contribution in [3.8, 4) is 17.4 Å². The fourth-order valence-corrected chi connectivity index (χ4v) is 3.27. The van der Waals surface area contributed by atoms with Crippen molar-refractivity contribution in [2.75, 3.05) is 0 Å². The fraction of sp³-hybridized carbons (Fsp3) is 0.200. The zero-order valence-corrected chi connectivity index (χ0v) is 17.4. The molecule has 1 aromatic carbocycles. The van der Waals surface area contributed by atoms with Crippen LogP contribution < -0.4 is 14.8 Å². The van der Waals surface area contributed by atoms with E-state index >= 15 is 0 Å². The van der Waals surface area contributed by atoms with Crippen LogP contribution >= 0.6 is 0 Å². The number of nitrogens with zero attached hydrogens (tertiary/aromatic N) is 2. The summed E-state index contributed by atoms with van der Waals surface area (Å²) in [5.74, 6) is 2.00. The molecule has 1 N–H and O–H groups in total. The Kier molecular flexibility index (Phi) is 5.80. The average molecular weight is 399 g/mol. The van der Waals surface area contributed by atoms with Gasteiger partial charge in [0.2, 0.25) is 5.88 Å². The summed E-state index contributed by atoms with van der Waals surface area (Å²) in [7, 11) is 0. The molecule has 3 heterocycles. The highest BCUT2D eigenvalue weighted by molar-refractivity contribution is 5.43. The van der Waals surface area contributed by atoms with Crippen molar-refractivity contribution in [3.05, 3.63) is 101 Å². The van der Waals surface area contributed by atoms with Gasteiger partial charge in [-0.25, -0.2) is 4.98 Å². The van der Waals surface area contributed by atoms with Gasteiger partial charge in [-0.05, 0) is 74.0 Å². The molecule has 4 rings (SSSR count). The first kappa shape index (κ1) is 19.7. The van der Waals surface area contributed by atoms with Crippen LogP contribution in [0.5, 0.6) is 17.4 Å². The average Bonchev–Trinajstić information content (AvgIpc) is 2.73. The number of pyridine rings is 2. The van der Waals surface area contributed by atoms with E-state index in [4.69, 9.17) is 9.47 Å². The van der Waals surface area contributed by atoms with Crippen LogP contribution in [0, 0.1) is 13.8 Å². The molecule has 0 spiro atoms. The summed E-state index contributed by atoms with van der Waals surface area (Å²) in [5, 5.41) is 3.24. The Morgan fingerprint density at radius 2 is 1.70 bits per heavy atom. The molecule has 1 aliphatic rings. The molecule has 1 unspecified atom stereocenters. The molecule has 1 atom stereocenters. The van der Waals surface area contributed by atoms with Gasteiger partial charge in [0, 0.05) is 36.1 Å². The molecule has 2 aromatic heterocycles. The minimum Gasteiger partial charge on any atom is -0.467 e. The molecule has 30 heavy (non-hydrogen) atoms. The Hall–Kier alpha value is -3.60. The van der Waals surface area contributed by atoms with Crippen LogP contribution in [-0.2, 0) is 6.42 Å². The Labute approximate surface area is 177 Å². The van der Waals surface area contributed by atoms with E-state index in [2.05, 4.69) is 28.3 Å². The zero-order valence-electron chi connectivity index (χ0n) is 17.4. The molecule has 0 bridgehead atoms. The topological polar surface area (TPSA) is 56.3 Å². The molecule has 3 aromatic rings. The summed E-state index contributed by atoms with van der Waals surface area (Å²) in [5.41, 5.74) is 5.33. The normalized spacial score (nSPS) is 15.3. The van der Waals surface area contributed by atoms with E-state index in [9.17, 15) is 0 Å². The standard InChI is InChI=1S/C25H25N3O2/c1-17-7-4-10-26-23(17)15-20-13-21(29-24-18(2)8-5-11-27-24)16-22(14-20)30-25-19(3)9-6-12-28-25/h4-14,16,24,27H,15H2,1-3H3. The van der Waals surface area contributed by atoms with Gasteiger partial charge in [-0.15, -0.1) is 0 Å². The van der Waals surface area contributed by atoms with E-state index in [1.54, 1.807) is 6.20 Å². The molecule has 0 radical (unpaired) electrons. The number of aryl methyl sites for hydroxylation is 2. The minimum atomic E-state index is -0.216. The summed E-state index contributed by atoms with van der Waals surface area (Å²) in [6.07, 6.45) is 9.91. The first-order chi connectivity index (χ1) is 14.6. The minimum absolute atomic E-state index is 0.216. The van der Waals surface area contributed by atoms with Gasteiger partial charge in [0.05, 0.1) is 0 Å². The molecule has 5 nitrogen and oxygen atoms in total. The van der Waals surface area contributed by atoms with Gasteiger partial charge in [-0.2, -0.15) is 0 Å². The molecule has 0 saturated heterocycles. The van der Waals surface area contributed by atoms with E-state index in [1.165, 1.54) is 0 Å². The smallest absolute Gasteiger partial charge is 0.222 e. The number of dihydropyridines is 1. The molecule has 0 fully saturated rings. The van der Waals surface area contributed by atoms with Gasteiger partial charge < -0.3 is 14.8 Å². The first-order valence-electron chi connectivity index (χ1n) is 9.98. The van der Waals surface area contributed by atoms with Crippen molar-refractivity contribution in [2.45, 2.75) is 33.4 Å². The van der Waals surface area contributed by atoms with Crippen LogP contribution in [0.3, 0.4) is 0 Å². The SMILES string of the molecule is CC1=CC=CNC1Oc1cc(Cc2ncccc2C)cc(Oc2ncccc2C)c1. The Bertz CT molecular complexity index is 1040. The summed E-state index contributed by atoms with van der Waals surface area (Å²) in [4.78, 5) is 8.89. The zero-order chi connectivity index (χ0) is 20.9. The van der Waals surface area contributed by atoms with Gasteiger partial charge in [-0.3, -0.25) is 4.98 Å². The van der Waals surface area contributed by atoms with Crippen molar-refractivity contribution in [1.82, 2.24) is 15.3 Å². The number of ether oxygens (including phenoxy) is 2. The van der Waals surface area contributed by atoms with Crippen LogP contribution in [0.25, 0.3) is 0 Å². The van der Waals surface area contributed by atoms with Gasteiger partial charge >= 0.3 is 0 Å². The van der Waals surface area contributed by atoms with Crippen molar-refractivity contribution in [3.63, 3.8) is 0 Å². The summed E-state index contributed by atoms with van der Waals surface area (Å²) >= 11 is 0. The van der Waals surface area contributed by atoms with E-state index in [-0.39, 0.29) is 6.23 Å². The summed E-state index contributed by atoms with van der Waals surface area (Å²) < 4.78 is 12.3. The Balaban J connectivity index is 1.66. The number of hydrogen-bond acceptors (Lipinski definition) is 5. The number of allylic oxidation sites excluding steroid dienone is 2. The van der Waals surface area contributed by atoms with Crippen LogP contribution in [-0.4, -0.2) is 16.2 Å². The third-order valence-electron chi connectivity index (χ3n) is 4.98. The molecular formula is C25H25N3O2. The van der Waals surface area contributed by atoms with Gasteiger partial charge in [-0.1, -0.05) is 18.2 Å². The predicted molar refractivity (Wildman–Crippen MR) is 118 cm³/mol. The number of rotatable bonds is 6. The van der Waals surface area contributed by atoms with Gasteiger partial charge in [0.25, 0.3) is 0 Å². The lowest BCUT2D eigenvalue weighted by Gasteiger charge is -2.23. The number of nitrogens with one attached hydrogen (secondary N) is 1. The van der Waals surface area contributed by atoms with E-state index in [0.29, 0.717) is 18.1 Å². The number of hydrogen-bond donors (Lipinski definition) is 1. The maximum Gasteiger partial charge on any atom is 0.222 e. The van der Waals surface area contributed by atoms with Crippen molar-refractivity contribution in [2.24, 2.45) is 0 Å². The molecule has 0 saturated carbocycles. The number of aromatic nitrogens is 2. The maximum atomic E-state index is 6.23. The Morgan fingerprint density at radius 1 is 0.933 bits per heavy atom. The van der Waals surface area contributed by atoms with Crippen molar-refractivity contribution in [1.29, 1.82) is 0 Å². The van der Waals surface area contributed by atoms with Gasteiger partial charge in [0.1, 0.15) is 11.5 Å². The molecule has 1 aliphatic heterocycles. The largest absolute Gasteiger partial charge is 0.467 e. The fourth-order valence-electron chi connectivity index (χ4n) is 3.27. The van der Waals surface area contributed by atoms with E-state index in [0.717, 1.165) is 33.7 Å².